The molecule has 1 aliphatic heterocycles. The molecule has 1 fully saturated rings. The summed E-state index contributed by atoms with van der Waals surface area (Å²) in [4.78, 5) is 2.23. The number of aliphatic hydroxyl groups excluding tert-OH is 1. The van der Waals surface area contributed by atoms with Crippen molar-refractivity contribution in [2.75, 3.05) is 19.7 Å². The van der Waals surface area contributed by atoms with Crippen molar-refractivity contribution in [3.05, 3.63) is 29.6 Å². The summed E-state index contributed by atoms with van der Waals surface area (Å²) in [6.07, 6.45) is 1.75. The fourth-order valence-electron chi connectivity index (χ4n) is 3.27. The molecule has 0 aliphatic carbocycles. The summed E-state index contributed by atoms with van der Waals surface area (Å²) in [6, 6.07) is 4.90. The summed E-state index contributed by atoms with van der Waals surface area (Å²) in [5.41, 5.74) is -0.805. The third-order valence-electron chi connectivity index (χ3n) is 4.86. The molecule has 130 valence electrons. The lowest BCUT2D eigenvalue weighted by atomic mass is 9.89. The quantitative estimate of drug-likeness (QED) is 0.844. The van der Waals surface area contributed by atoms with E-state index < -0.39 is 11.7 Å². The molecule has 0 radical (unpaired) electrons. The van der Waals surface area contributed by atoms with Crippen LogP contribution in [0.5, 0.6) is 5.75 Å². The number of β-amino-alcohol motifs (C(OH)–C–C–N with tert-alkyl or cyclic N) is 1. The molecule has 2 N–H and O–H groups in total. The van der Waals surface area contributed by atoms with Gasteiger partial charge in [-0.05, 0) is 49.9 Å². The highest BCUT2D eigenvalue weighted by atomic mass is 19.1. The number of benzene rings is 1. The zero-order chi connectivity index (χ0) is 17.0. The SMILES string of the molecule is CCC(CC)N1CC[C@H](O)[C@@](O)(COc2ccc(F)c(C)c2)C1. The van der Waals surface area contributed by atoms with Crippen LogP contribution in [0.15, 0.2) is 18.2 Å². The summed E-state index contributed by atoms with van der Waals surface area (Å²) < 4.78 is 18.9. The lowest BCUT2D eigenvalue weighted by molar-refractivity contribution is -0.145. The second kappa shape index (κ2) is 7.60. The number of nitrogens with zero attached hydrogens (tertiary/aromatic N) is 1. The summed E-state index contributed by atoms with van der Waals surface area (Å²) in [7, 11) is 0. The van der Waals surface area contributed by atoms with Crippen LogP contribution in [0.25, 0.3) is 0 Å². The molecule has 0 spiro atoms. The summed E-state index contributed by atoms with van der Waals surface area (Å²) in [5, 5.41) is 21.1. The molecule has 1 aromatic carbocycles. The molecule has 0 unspecified atom stereocenters. The first-order chi connectivity index (χ1) is 10.9. The van der Waals surface area contributed by atoms with Gasteiger partial charge in [-0.15, -0.1) is 0 Å². The van der Waals surface area contributed by atoms with E-state index in [1.165, 1.54) is 6.07 Å². The van der Waals surface area contributed by atoms with Gasteiger partial charge in [-0.3, -0.25) is 4.90 Å². The molecular formula is C18H28FNO3. The van der Waals surface area contributed by atoms with Crippen LogP contribution < -0.4 is 4.74 Å². The highest BCUT2D eigenvalue weighted by Gasteiger charge is 2.43. The van der Waals surface area contributed by atoms with Crippen LogP contribution in [0.4, 0.5) is 4.39 Å². The third-order valence-corrected chi connectivity index (χ3v) is 4.86. The number of aryl methyl sites for hydroxylation is 1. The fourth-order valence-corrected chi connectivity index (χ4v) is 3.27. The van der Waals surface area contributed by atoms with E-state index in [-0.39, 0.29) is 12.4 Å². The van der Waals surface area contributed by atoms with Crippen molar-refractivity contribution in [1.29, 1.82) is 0 Å². The minimum atomic E-state index is -1.30. The second-order valence-electron chi connectivity index (χ2n) is 6.55. The van der Waals surface area contributed by atoms with E-state index in [1.807, 2.05) is 0 Å². The Labute approximate surface area is 137 Å². The second-order valence-corrected chi connectivity index (χ2v) is 6.55. The maximum Gasteiger partial charge on any atom is 0.137 e. The van der Waals surface area contributed by atoms with Crippen molar-refractivity contribution < 1.29 is 19.3 Å². The molecule has 1 heterocycles. The van der Waals surface area contributed by atoms with Crippen molar-refractivity contribution in [2.24, 2.45) is 0 Å². The van der Waals surface area contributed by atoms with Crippen LogP contribution >= 0.6 is 0 Å². The minimum absolute atomic E-state index is 0.00408. The van der Waals surface area contributed by atoms with Gasteiger partial charge in [0.25, 0.3) is 0 Å². The van der Waals surface area contributed by atoms with E-state index >= 15 is 0 Å². The van der Waals surface area contributed by atoms with Crippen molar-refractivity contribution >= 4 is 0 Å². The lowest BCUT2D eigenvalue weighted by Gasteiger charge is -2.45. The molecule has 2 atom stereocenters. The highest BCUT2D eigenvalue weighted by Crippen LogP contribution is 2.27. The number of ether oxygens (including phenoxy) is 1. The van der Waals surface area contributed by atoms with E-state index in [0.717, 1.165) is 19.4 Å². The van der Waals surface area contributed by atoms with Crippen LogP contribution in [0.2, 0.25) is 0 Å². The number of hydrogen-bond acceptors (Lipinski definition) is 4. The third kappa shape index (κ3) is 4.22. The Morgan fingerprint density at radius 2 is 2.09 bits per heavy atom. The van der Waals surface area contributed by atoms with E-state index in [9.17, 15) is 14.6 Å². The first-order valence-electron chi connectivity index (χ1n) is 8.43. The summed E-state index contributed by atoms with van der Waals surface area (Å²) >= 11 is 0. The average Bonchev–Trinajstić information content (AvgIpc) is 2.53. The fraction of sp³-hybridized carbons (Fsp3) is 0.667. The average molecular weight is 325 g/mol. The smallest absolute Gasteiger partial charge is 0.137 e. The van der Waals surface area contributed by atoms with E-state index in [1.54, 1.807) is 19.1 Å². The molecule has 1 saturated heterocycles. The number of aliphatic hydroxyl groups is 2. The Kier molecular flexibility index (Phi) is 6.00. The van der Waals surface area contributed by atoms with Gasteiger partial charge >= 0.3 is 0 Å². The predicted octanol–water partition coefficient (Wildman–Crippen LogP) is 2.50. The Morgan fingerprint density at radius 1 is 1.39 bits per heavy atom. The first-order valence-corrected chi connectivity index (χ1v) is 8.43. The normalized spacial score (nSPS) is 25.8. The van der Waals surface area contributed by atoms with Crippen LogP contribution in [0, 0.1) is 12.7 Å². The number of hydrogen-bond donors (Lipinski definition) is 2. The van der Waals surface area contributed by atoms with Crippen LogP contribution in [0.3, 0.4) is 0 Å². The number of piperidine rings is 1. The molecule has 1 aliphatic rings. The zero-order valence-corrected chi connectivity index (χ0v) is 14.3. The van der Waals surface area contributed by atoms with Gasteiger partial charge in [0.05, 0.1) is 6.10 Å². The Balaban J connectivity index is 2.04. The number of likely N-dealkylation sites (tertiary alicyclic amines) is 1. The Morgan fingerprint density at radius 3 is 2.70 bits per heavy atom. The maximum absolute atomic E-state index is 13.3. The molecule has 0 bridgehead atoms. The van der Waals surface area contributed by atoms with Gasteiger partial charge < -0.3 is 14.9 Å². The van der Waals surface area contributed by atoms with E-state index in [4.69, 9.17) is 4.74 Å². The van der Waals surface area contributed by atoms with Crippen LogP contribution in [-0.2, 0) is 0 Å². The molecule has 0 amide bonds. The summed E-state index contributed by atoms with van der Waals surface area (Å²) in [5.74, 6) is 0.220. The molecule has 4 nitrogen and oxygen atoms in total. The molecule has 1 aromatic rings. The molecule has 0 saturated carbocycles. The van der Waals surface area contributed by atoms with Gasteiger partial charge in [0.2, 0.25) is 0 Å². The van der Waals surface area contributed by atoms with Gasteiger partial charge in [0, 0.05) is 19.1 Å². The first kappa shape index (κ1) is 18.2. The maximum atomic E-state index is 13.3. The Bertz CT molecular complexity index is 521. The van der Waals surface area contributed by atoms with Crippen LogP contribution in [0.1, 0.15) is 38.7 Å². The lowest BCUT2D eigenvalue weighted by Crippen LogP contribution is -2.61. The van der Waals surface area contributed by atoms with Gasteiger partial charge in [0.1, 0.15) is 23.8 Å². The molecule has 5 heteroatoms. The molecule has 23 heavy (non-hydrogen) atoms. The van der Waals surface area contributed by atoms with E-state index in [2.05, 4.69) is 18.7 Å². The van der Waals surface area contributed by atoms with Crippen molar-refractivity contribution in [2.45, 2.75) is 57.8 Å². The standard InChI is InChI=1S/C18H28FNO3/c1-4-14(5-2)20-9-8-17(21)18(22,11-20)12-23-15-6-7-16(19)13(3)10-15/h6-7,10,14,17,21-22H,4-5,8-9,11-12H2,1-3H3/t17-,18-/m0/s1. The summed E-state index contributed by atoms with van der Waals surface area (Å²) in [6.45, 7) is 7.11. The highest BCUT2D eigenvalue weighted by molar-refractivity contribution is 5.29. The topological polar surface area (TPSA) is 52.9 Å². The minimum Gasteiger partial charge on any atom is -0.490 e. The monoisotopic (exact) mass is 325 g/mol. The van der Waals surface area contributed by atoms with Gasteiger partial charge in [0.15, 0.2) is 0 Å². The zero-order valence-electron chi connectivity index (χ0n) is 14.3. The van der Waals surface area contributed by atoms with Gasteiger partial charge in [-0.1, -0.05) is 13.8 Å². The van der Waals surface area contributed by atoms with E-state index in [0.29, 0.717) is 30.3 Å². The van der Waals surface area contributed by atoms with Crippen molar-refractivity contribution in [3.63, 3.8) is 0 Å². The van der Waals surface area contributed by atoms with Gasteiger partial charge in [-0.2, -0.15) is 0 Å². The molecule has 2 rings (SSSR count). The van der Waals surface area contributed by atoms with Crippen LogP contribution in [-0.4, -0.2) is 52.6 Å². The number of rotatable bonds is 6. The van der Waals surface area contributed by atoms with Crippen molar-refractivity contribution in [3.8, 4) is 5.75 Å². The molecular weight excluding hydrogens is 297 g/mol. The largest absolute Gasteiger partial charge is 0.490 e. The molecule has 0 aromatic heterocycles. The predicted molar refractivity (Wildman–Crippen MR) is 88.1 cm³/mol. The van der Waals surface area contributed by atoms with Crippen molar-refractivity contribution in [1.82, 2.24) is 4.90 Å². The number of halogens is 1. The van der Waals surface area contributed by atoms with Gasteiger partial charge in [-0.25, -0.2) is 4.39 Å². The Hall–Kier alpha value is -1.17.